The van der Waals surface area contributed by atoms with Crippen molar-refractivity contribution in [2.45, 2.75) is 0 Å². The molecule has 0 aliphatic heterocycles. The Morgan fingerprint density at radius 3 is 1.06 bits per heavy atom. The highest BCUT2D eigenvalue weighted by Gasteiger charge is 2.14. The van der Waals surface area contributed by atoms with E-state index < -0.39 is 0 Å². The molecule has 4 nitrogen and oxygen atoms in total. The van der Waals surface area contributed by atoms with Crippen LogP contribution in [0.15, 0.2) is 142 Å². The molecule has 4 rings (SSSR count). The summed E-state index contributed by atoms with van der Waals surface area (Å²) in [6.07, 6.45) is 3.47. The molecule has 4 aromatic rings. The molecule has 0 aliphatic rings. The summed E-state index contributed by atoms with van der Waals surface area (Å²) in [6.45, 7) is 0. The van der Waals surface area contributed by atoms with Crippen LogP contribution in [0.25, 0.3) is 0 Å². The molecule has 4 aromatic carbocycles. The van der Waals surface area contributed by atoms with Crippen LogP contribution < -0.4 is 0 Å². The Hall–Kier alpha value is -4.44. The Morgan fingerprint density at radius 1 is 0.406 bits per heavy atom. The van der Waals surface area contributed by atoms with Gasteiger partial charge in [0.1, 0.15) is 11.4 Å². The summed E-state index contributed by atoms with van der Waals surface area (Å²) in [7, 11) is 0. The fraction of sp³-hybridized carbons (Fsp3) is 0. The van der Waals surface area contributed by atoms with Crippen LogP contribution in [0.1, 0.15) is 22.3 Å². The summed E-state index contributed by atoms with van der Waals surface area (Å²) in [6, 6.07) is 39.6. The zero-order valence-corrected chi connectivity index (χ0v) is 17.5. The zero-order chi connectivity index (χ0) is 21.8. The monoisotopic (exact) mass is 414 g/mol. The largest absolute Gasteiger partial charge is 0.158 e. The minimum Gasteiger partial charge on any atom is -0.158 e. The third kappa shape index (κ3) is 5.80. The summed E-state index contributed by atoms with van der Waals surface area (Å²) < 4.78 is 0. The standard InChI is InChI=1S/C28H22N4/c1-5-13-23(14-6-1)21-29-31-27(25-17-9-3-10-18-25)28(26-19-11-4-12-20-26)32-30-22-24-15-7-2-8-16-24/h1-22H/b29-21-,30-22+,31-27-,32-28+. The molecule has 0 fully saturated rings. The number of nitrogens with zero attached hydrogens (tertiary/aromatic N) is 4. The summed E-state index contributed by atoms with van der Waals surface area (Å²) in [5, 5.41) is 17.9. The first kappa shape index (κ1) is 20.8. The zero-order valence-electron chi connectivity index (χ0n) is 17.5. The molecule has 0 aromatic heterocycles. The first-order chi connectivity index (χ1) is 15.9. The summed E-state index contributed by atoms with van der Waals surface area (Å²) in [5.41, 5.74) is 5.07. The van der Waals surface area contributed by atoms with Crippen LogP contribution in [0, 0.1) is 0 Å². The Kier molecular flexibility index (Phi) is 7.21. The molecule has 0 atom stereocenters. The second kappa shape index (κ2) is 11.1. The van der Waals surface area contributed by atoms with Crippen molar-refractivity contribution in [3.8, 4) is 0 Å². The van der Waals surface area contributed by atoms with E-state index in [1.807, 2.05) is 121 Å². The predicted octanol–water partition coefficient (Wildman–Crippen LogP) is 6.03. The Labute approximate surface area is 188 Å². The molecule has 0 amide bonds. The van der Waals surface area contributed by atoms with Gasteiger partial charge in [-0.05, 0) is 11.1 Å². The first-order valence-corrected chi connectivity index (χ1v) is 10.3. The minimum atomic E-state index is 0.647. The SMILES string of the molecule is C(=N/N=C(\C(=N\N=C\c1ccccc1)c1ccccc1)c1ccccc1)/c1ccccc1. The third-order valence-corrected chi connectivity index (χ3v) is 4.65. The third-order valence-electron chi connectivity index (χ3n) is 4.65. The molecular formula is C28H22N4. The highest BCUT2D eigenvalue weighted by Crippen LogP contribution is 2.12. The van der Waals surface area contributed by atoms with Crippen LogP contribution in [0.3, 0.4) is 0 Å². The Bertz CT molecular complexity index is 1130. The molecule has 0 spiro atoms. The molecule has 154 valence electrons. The molecule has 0 bridgehead atoms. The van der Waals surface area contributed by atoms with Gasteiger partial charge in [0.05, 0.1) is 12.4 Å². The van der Waals surface area contributed by atoms with E-state index in [1.165, 1.54) is 0 Å². The van der Waals surface area contributed by atoms with Gasteiger partial charge in [-0.15, -0.1) is 10.2 Å². The van der Waals surface area contributed by atoms with E-state index in [0.29, 0.717) is 11.4 Å². The lowest BCUT2D eigenvalue weighted by atomic mass is 10.00. The number of hydrogen-bond donors (Lipinski definition) is 0. The van der Waals surface area contributed by atoms with E-state index in [9.17, 15) is 0 Å². The fourth-order valence-corrected chi connectivity index (χ4v) is 3.06. The van der Waals surface area contributed by atoms with Gasteiger partial charge in [0.2, 0.25) is 0 Å². The van der Waals surface area contributed by atoms with Gasteiger partial charge in [-0.1, -0.05) is 121 Å². The van der Waals surface area contributed by atoms with Crippen molar-refractivity contribution in [2.75, 3.05) is 0 Å². The van der Waals surface area contributed by atoms with Gasteiger partial charge in [0, 0.05) is 11.1 Å². The predicted molar refractivity (Wildman–Crippen MR) is 134 cm³/mol. The molecule has 0 unspecified atom stereocenters. The van der Waals surface area contributed by atoms with E-state index in [0.717, 1.165) is 22.3 Å². The second-order valence-electron chi connectivity index (χ2n) is 6.94. The van der Waals surface area contributed by atoms with Crippen molar-refractivity contribution in [3.05, 3.63) is 144 Å². The Morgan fingerprint density at radius 2 is 0.719 bits per heavy atom. The van der Waals surface area contributed by atoms with Crippen LogP contribution >= 0.6 is 0 Å². The van der Waals surface area contributed by atoms with Gasteiger partial charge in [0.25, 0.3) is 0 Å². The highest BCUT2D eigenvalue weighted by atomic mass is 15.2. The molecule has 4 heteroatoms. The lowest BCUT2D eigenvalue weighted by Gasteiger charge is -2.08. The molecule has 0 aliphatic carbocycles. The molecule has 0 N–H and O–H groups in total. The van der Waals surface area contributed by atoms with Gasteiger partial charge >= 0.3 is 0 Å². The van der Waals surface area contributed by atoms with Crippen LogP contribution in [0.2, 0.25) is 0 Å². The summed E-state index contributed by atoms with van der Waals surface area (Å²) in [5.74, 6) is 0. The maximum Gasteiger partial charge on any atom is 0.121 e. The number of hydrogen-bond acceptors (Lipinski definition) is 4. The van der Waals surface area contributed by atoms with E-state index in [4.69, 9.17) is 0 Å². The molecule has 0 saturated carbocycles. The lowest BCUT2D eigenvalue weighted by molar-refractivity contribution is 1.23. The highest BCUT2D eigenvalue weighted by molar-refractivity contribution is 6.53. The van der Waals surface area contributed by atoms with Crippen molar-refractivity contribution in [1.29, 1.82) is 0 Å². The maximum atomic E-state index is 4.57. The molecule has 0 saturated heterocycles. The van der Waals surface area contributed by atoms with E-state index >= 15 is 0 Å². The number of rotatable bonds is 7. The quantitative estimate of drug-likeness (QED) is 0.262. The second-order valence-corrected chi connectivity index (χ2v) is 6.94. The van der Waals surface area contributed by atoms with Crippen molar-refractivity contribution < 1.29 is 0 Å². The van der Waals surface area contributed by atoms with Crippen LogP contribution in [0.4, 0.5) is 0 Å². The van der Waals surface area contributed by atoms with E-state index in [1.54, 1.807) is 12.4 Å². The van der Waals surface area contributed by atoms with Crippen molar-refractivity contribution in [3.63, 3.8) is 0 Å². The van der Waals surface area contributed by atoms with Crippen LogP contribution in [0.5, 0.6) is 0 Å². The van der Waals surface area contributed by atoms with Gasteiger partial charge in [-0.25, -0.2) is 0 Å². The van der Waals surface area contributed by atoms with Crippen molar-refractivity contribution in [2.24, 2.45) is 20.4 Å². The van der Waals surface area contributed by atoms with Gasteiger partial charge in [-0.2, -0.15) is 10.2 Å². The van der Waals surface area contributed by atoms with Gasteiger partial charge < -0.3 is 0 Å². The maximum absolute atomic E-state index is 4.57. The van der Waals surface area contributed by atoms with Crippen LogP contribution in [-0.2, 0) is 0 Å². The molecule has 0 heterocycles. The van der Waals surface area contributed by atoms with Crippen molar-refractivity contribution in [1.82, 2.24) is 0 Å². The average Bonchev–Trinajstić information content (AvgIpc) is 2.87. The topological polar surface area (TPSA) is 49.4 Å². The fourth-order valence-electron chi connectivity index (χ4n) is 3.06. The average molecular weight is 415 g/mol. The van der Waals surface area contributed by atoms with Gasteiger partial charge in [0.15, 0.2) is 0 Å². The molecular weight excluding hydrogens is 392 g/mol. The molecule has 0 radical (unpaired) electrons. The van der Waals surface area contributed by atoms with Crippen LogP contribution in [-0.4, -0.2) is 23.9 Å². The summed E-state index contributed by atoms with van der Waals surface area (Å²) in [4.78, 5) is 0. The van der Waals surface area contributed by atoms with E-state index in [-0.39, 0.29) is 0 Å². The smallest absolute Gasteiger partial charge is 0.121 e. The number of benzene rings is 4. The Balaban J connectivity index is 1.77. The van der Waals surface area contributed by atoms with E-state index in [2.05, 4.69) is 20.4 Å². The first-order valence-electron chi connectivity index (χ1n) is 10.3. The lowest BCUT2D eigenvalue weighted by Crippen LogP contribution is -2.17. The minimum absolute atomic E-state index is 0.647. The normalized spacial score (nSPS) is 12.5. The summed E-state index contributed by atoms with van der Waals surface area (Å²) >= 11 is 0. The van der Waals surface area contributed by atoms with Gasteiger partial charge in [-0.3, -0.25) is 0 Å². The molecule has 32 heavy (non-hydrogen) atoms. The van der Waals surface area contributed by atoms with Crippen molar-refractivity contribution >= 4 is 23.9 Å².